The standard InChI is InChI=1S/C8H10O3/c1-6(2)8(9)11-5-7-3-10-4-7/h3H,1,4-5H2,2H3. The molecule has 0 bridgehead atoms. The number of hydrogen-bond donors (Lipinski definition) is 0. The van der Waals surface area contributed by atoms with Gasteiger partial charge in [0.2, 0.25) is 0 Å². The van der Waals surface area contributed by atoms with Crippen LogP contribution in [0, 0.1) is 0 Å². The molecule has 0 aliphatic carbocycles. The minimum Gasteiger partial charge on any atom is -0.496 e. The average molecular weight is 154 g/mol. The largest absolute Gasteiger partial charge is 0.496 e. The molecule has 0 fully saturated rings. The third-order valence-electron chi connectivity index (χ3n) is 1.26. The zero-order valence-corrected chi connectivity index (χ0v) is 6.42. The van der Waals surface area contributed by atoms with Crippen molar-refractivity contribution in [3.05, 3.63) is 24.0 Å². The molecule has 3 nitrogen and oxygen atoms in total. The lowest BCUT2D eigenvalue weighted by molar-refractivity contribution is -0.138. The topological polar surface area (TPSA) is 35.5 Å². The quantitative estimate of drug-likeness (QED) is 0.449. The van der Waals surface area contributed by atoms with Crippen LogP contribution in [0.4, 0.5) is 0 Å². The van der Waals surface area contributed by atoms with Gasteiger partial charge in [-0.1, -0.05) is 6.58 Å². The Morgan fingerprint density at radius 2 is 2.55 bits per heavy atom. The van der Waals surface area contributed by atoms with Crippen LogP contribution < -0.4 is 0 Å². The lowest BCUT2D eigenvalue weighted by atomic mass is 10.3. The van der Waals surface area contributed by atoms with E-state index in [-0.39, 0.29) is 5.97 Å². The summed E-state index contributed by atoms with van der Waals surface area (Å²) in [5.74, 6) is -0.349. The van der Waals surface area contributed by atoms with Crippen LogP contribution in [0.5, 0.6) is 0 Å². The van der Waals surface area contributed by atoms with Gasteiger partial charge in [0.15, 0.2) is 0 Å². The average Bonchev–Trinajstić information content (AvgIpc) is 1.83. The number of esters is 1. The normalized spacial score (nSPS) is 14.1. The SMILES string of the molecule is C=C(C)C(=O)OCC1=COC1. The fourth-order valence-electron chi connectivity index (χ4n) is 0.558. The number of rotatable bonds is 3. The van der Waals surface area contributed by atoms with Gasteiger partial charge in [-0.2, -0.15) is 0 Å². The van der Waals surface area contributed by atoms with Crippen LogP contribution in [0.3, 0.4) is 0 Å². The Kier molecular flexibility index (Phi) is 2.31. The Morgan fingerprint density at radius 3 is 2.91 bits per heavy atom. The van der Waals surface area contributed by atoms with Crippen LogP contribution >= 0.6 is 0 Å². The van der Waals surface area contributed by atoms with Gasteiger partial charge in [0, 0.05) is 11.1 Å². The van der Waals surface area contributed by atoms with Crippen molar-refractivity contribution in [2.24, 2.45) is 0 Å². The first-order valence-corrected chi connectivity index (χ1v) is 3.32. The van der Waals surface area contributed by atoms with Crippen LogP contribution in [0.1, 0.15) is 6.92 Å². The highest BCUT2D eigenvalue weighted by Crippen LogP contribution is 2.08. The van der Waals surface area contributed by atoms with E-state index in [2.05, 4.69) is 6.58 Å². The molecule has 0 N–H and O–H groups in total. The van der Waals surface area contributed by atoms with E-state index in [1.807, 2.05) is 0 Å². The van der Waals surface area contributed by atoms with Gasteiger partial charge >= 0.3 is 5.97 Å². The second kappa shape index (κ2) is 3.23. The number of carbonyl (C=O) groups excluding carboxylic acids is 1. The first-order valence-electron chi connectivity index (χ1n) is 3.32. The molecule has 0 atom stereocenters. The molecule has 0 aromatic rings. The second-order valence-electron chi connectivity index (χ2n) is 2.44. The molecule has 0 saturated carbocycles. The second-order valence-corrected chi connectivity index (χ2v) is 2.44. The van der Waals surface area contributed by atoms with E-state index in [1.54, 1.807) is 13.2 Å². The Balaban J connectivity index is 2.21. The van der Waals surface area contributed by atoms with Crippen molar-refractivity contribution in [3.63, 3.8) is 0 Å². The van der Waals surface area contributed by atoms with E-state index in [0.29, 0.717) is 18.8 Å². The summed E-state index contributed by atoms with van der Waals surface area (Å²) in [4.78, 5) is 10.8. The van der Waals surface area contributed by atoms with Crippen molar-refractivity contribution in [2.75, 3.05) is 13.2 Å². The van der Waals surface area contributed by atoms with E-state index in [9.17, 15) is 4.79 Å². The van der Waals surface area contributed by atoms with Crippen molar-refractivity contribution in [2.45, 2.75) is 6.92 Å². The highest BCUT2D eigenvalue weighted by Gasteiger charge is 2.10. The number of ether oxygens (including phenoxy) is 2. The molecule has 0 amide bonds. The summed E-state index contributed by atoms with van der Waals surface area (Å²) >= 11 is 0. The third-order valence-corrected chi connectivity index (χ3v) is 1.26. The molecule has 60 valence electrons. The van der Waals surface area contributed by atoms with Crippen LogP contribution in [-0.2, 0) is 14.3 Å². The maximum absolute atomic E-state index is 10.8. The van der Waals surface area contributed by atoms with Crippen LogP contribution in [-0.4, -0.2) is 19.2 Å². The zero-order chi connectivity index (χ0) is 8.27. The molecule has 0 aromatic carbocycles. The molecular formula is C8H10O3. The first kappa shape index (κ1) is 7.85. The van der Waals surface area contributed by atoms with Gasteiger partial charge in [-0.3, -0.25) is 0 Å². The Hall–Kier alpha value is -1.25. The summed E-state index contributed by atoms with van der Waals surface area (Å²) in [5, 5.41) is 0. The molecule has 3 heteroatoms. The molecule has 0 spiro atoms. The Morgan fingerprint density at radius 1 is 1.91 bits per heavy atom. The van der Waals surface area contributed by atoms with Gasteiger partial charge in [-0.25, -0.2) is 4.79 Å². The van der Waals surface area contributed by atoms with Gasteiger partial charge in [-0.15, -0.1) is 0 Å². The summed E-state index contributed by atoms with van der Waals surface area (Å²) in [7, 11) is 0. The smallest absolute Gasteiger partial charge is 0.333 e. The Bertz CT molecular complexity index is 215. The predicted molar refractivity (Wildman–Crippen MR) is 39.8 cm³/mol. The van der Waals surface area contributed by atoms with E-state index in [0.717, 1.165) is 5.57 Å². The molecule has 1 aliphatic rings. The summed E-state index contributed by atoms with van der Waals surface area (Å²) in [5.41, 5.74) is 1.42. The molecule has 0 aromatic heterocycles. The molecule has 1 rings (SSSR count). The van der Waals surface area contributed by atoms with Crippen molar-refractivity contribution in [1.29, 1.82) is 0 Å². The van der Waals surface area contributed by atoms with Gasteiger partial charge in [-0.05, 0) is 6.92 Å². The van der Waals surface area contributed by atoms with Crippen molar-refractivity contribution in [1.82, 2.24) is 0 Å². The molecule has 0 radical (unpaired) electrons. The zero-order valence-electron chi connectivity index (χ0n) is 6.42. The number of carbonyl (C=O) groups is 1. The predicted octanol–water partition coefficient (Wildman–Crippen LogP) is 1.02. The molecular weight excluding hydrogens is 144 g/mol. The summed E-state index contributed by atoms with van der Waals surface area (Å²) in [6.07, 6.45) is 1.59. The molecule has 0 saturated heterocycles. The van der Waals surface area contributed by atoms with E-state index < -0.39 is 0 Å². The fourth-order valence-corrected chi connectivity index (χ4v) is 0.558. The number of hydrogen-bond acceptors (Lipinski definition) is 3. The molecule has 1 heterocycles. The maximum atomic E-state index is 10.8. The van der Waals surface area contributed by atoms with Crippen LogP contribution in [0.2, 0.25) is 0 Å². The Labute approximate surface area is 65.3 Å². The highest BCUT2D eigenvalue weighted by molar-refractivity contribution is 5.87. The fraction of sp³-hybridized carbons (Fsp3) is 0.375. The van der Waals surface area contributed by atoms with Gasteiger partial charge < -0.3 is 9.47 Å². The summed E-state index contributed by atoms with van der Waals surface area (Å²) in [6.45, 7) is 5.97. The van der Waals surface area contributed by atoms with Crippen molar-refractivity contribution in [3.8, 4) is 0 Å². The lowest BCUT2D eigenvalue weighted by Crippen LogP contribution is -2.15. The van der Waals surface area contributed by atoms with Crippen molar-refractivity contribution < 1.29 is 14.3 Å². The van der Waals surface area contributed by atoms with E-state index in [1.165, 1.54) is 0 Å². The minimum absolute atomic E-state index is 0.325. The first-order chi connectivity index (χ1) is 5.20. The van der Waals surface area contributed by atoms with Gasteiger partial charge in [0.1, 0.15) is 13.2 Å². The lowest BCUT2D eigenvalue weighted by Gasteiger charge is -2.15. The van der Waals surface area contributed by atoms with E-state index in [4.69, 9.17) is 9.47 Å². The molecule has 0 unspecified atom stereocenters. The molecule has 1 aliphatic heterocycles. The van der Waals surface area contributed by atoms with Gasteiger partial charge in [0.25, 0.3) is 0 Å². The van der Waals surface area contributed by atoms with Crippen LogP contribution in [0.25, 0.3) is 0 Å². The summed E-state index contributed by atoms with van der Waals surface area (Å²) in [6, 6.07) is 0. The van der Waals surface area contributed by atoms with Gasteiger partial charge in [0.05, 0.1) is 6.26 Å². The third kappa shape index (κ3) is 2.11. The van der Waals surface area contributed by atoms with Crippen LogP contribution in [0.15, 0.2) is 24.0 Å². The van der Waals surface area contributed by atoms with Crippen molar-refractivity contribution >= 4 is 5.97 Å². The minimum atomic E-state index is -0.349. The maximum Gasteiger partial charge on any atom is 0.333 e. The highest BCUT2D eigenvalue weighted by atomic mass is 16.5. The van der Waals surface area contributed by atoms with E-state index >= 15 is 0 Å². The monoisotopic (exact) mass is 154 g/mol. The summed E-state index contributed by atoms with van der Waals surface area (Å²) < 4.78 is 9.57. The molecule has 11 heavy (non-hydrogen) atoms.